The van der Waals surface area contributed by atoms with Crippen molar-refractivity contribution in [3.63, 3.8) is 0 Å². The minimum absolute atomic E-state index is 0.0104. The summed E-state index contributed by atoms with van der Waals surface area (Å²) in [6, 6.07) is 9.27. The van der Waals surface area contributed by atoms with E-state index in [0.717, 1.165) is 11.2 Å². The van der Waals surface area contributed by atoms with Crippen LogP contribution in [0.25, 0.3) is 11.6 Å². The lowest BCUT2D eigenvalue weighted by Gasteiger charge is -2.36. The van der Waals surface area contributed by atoms with Gasteiger partial charge in [-0.2, -0.15) is 13.2 Å². The van der Waals surface area contributed by atoms with Gasteiger partial charge in [-0.3, -0.25) is 9.10 Å². The number of halogens is 5. The Balaban J connectivity index is 1.82. The van der Waals surface area contributed by atoms with E-state index >= 15 is 0 Å². The van der Waals surface area contributed by atoms with Gasteiger partial charge in [0.1, 0.15) is 30.9 Å². The lowest BCUT2D eigenvalue weighted by molar-refractivity contribution is -0.142. The fourth-order valence-corrected chi connectivity index (χ4v) is 6.66. The van der Waals surface area contributed by atoms with Gasteiger partial charge in [0.25, 0.3) is 10.0 Å². The molecule has 15 heteroatoms. The van der Waals surface area contributed by atoms with Crippen LogP contribution in [0, 0.1) is 5.82 Å². The highest BCUT2D eigenvalue weighted by molar-refractivity contribution is 7.93. The molecule has 0 spiro atoms. The van der Waals surface area contributed by atoms with Gasteiger partial charge in [-0.25, -0.2) is 17.8 Å². The molecule has 0 radical (unpaired) electrons. The number of ether oxygens (including phenoxy) is 4. The molecule has 0 fully saturated rings. The van der Waals surface area contributed by atoms with Crippen molar-refractivity contribution in [1.82, 2.24) is 4.98 Å². The van der Waals surface area contributed by atoms with Crippen molar-refractivity contribution in [2.75, 3.05) is 31.2 Å². The van der Waals surface area contributed by atoms with Gasteiger partial charge in [-0.15, -0.1) is 0 Å². The number of carbonyl (C=O) groups is 1. The molecule has 0 saturated heterocycles. The number of anilines is 1. The monoisotopic (exact) mass is 698 g/mol. The lowest BCUT2D eigenvalue weighted by atomic mass is 10.0. The van der Waals surface area contributed by atoms with Crippen molar-refractivity contribution >= 4 is 44.9 Å². The molecule has 2 heterocycles. The summed E-state index contributed by atoms with van der Waals surface area (Å²) in [5, 5.41) is 0.169. The molecule has 0 saturated carbocycles. The molecule has 1 atom stereocenters. The second-order valence-corrected chi connectivity index (χ2v) is 12.7. The van der Waals surface area contributed by atoms with Crippen LogP contribution in [0.3, 0.4) is 0 Å². The highest BCUT2D eigenvalue weighted by Gasteiger charge is 2.39. The van der Waals surface area contributed by atoms with Crippen LogP contribution in [0.2, 0.25) is 5.02 Å². The summed E-state index contributed by atoms with van der Waals surface area (Å²) in [5.41, 5.74) is -0.303. The summed E-state index contributed by atoms with van der Waals surface area (Å²) in [5.74, 6) is -1.27. The van der Waals surface area contributed by atoms with Gasteiger partial charge in [0.15, 0.2) is 4.90 Å². The van der Waals surface area contributed by atoms with E-state index in [1.54, 1.807) is 19.1 Å². The van der Waals surface area contributed by atoms with E-state index in [-0.39, 0.29) is 48.2 Å². The number of allylic oxidation sites excluding steroid dienone is 2. The highest BCUT2D eigenvalue weighted by atomic mass is 35.5. The number of carbonyl (C=O) groups excluding carboxylic acids is 1. The molecule has 1 aromatic heterocycles. The molecule has 0 bridgehead atoms. The zero-order valence-electron chi connectivity index (χ0n) is 25.6. The Bertz CT molecular complexity index is 1780. The second kappa shape index (κ2) is 14.6. The minimum Gasteiger partial charge on any atom is -0.502 e. The SMILES string of the molecule is C=C(CCC1CN(S(=O)(=O)c2cc(C(F)(F)F)cnc2OCCOC(C)=O)c2cc(C=C(C)c3c(F)cccc3Cl)ccc2O1)OC. The van der Waals surface area contributed by atoms with Crippen LogP contribution in [0.5, 0.6) is 11.6 Å². The van der Waals surface area contributed by atoms with E-state index in [2.05, 4.69) is 11.6 Å². The maximum atomic E-state index is 14.6. The van der Waals surface area contributed by atoms with Gasteiger partial charge in [0.2, 0.25) is 5.88 Å². The fraction of sp³-hybridized carbons (Fsp3) is 0.312. The first kappa shape index (κ1) is 35.6. The van der Waals surface area contributed by atoms with Crippen LogP contribution in [0.15, 0.2) is 65.9 Å². The van der Waals surface area contributed by atoms with Crippen LogP contribution in [0.4, 0.5) is 23.2 Å². The van der Waals surface area contributed by atoms with Crippen LogP contribution < -0.4 is 13.8 Å². The number of hydrogen-bond donors (Lipinski definition) is 0. The van der Waals surface area contributed by atoms with E-state index in [4.69, 9.17) is 30.5 Å². The van der Waals surface area contributed by atoms with Crippen LogP contribution in [0.1, 0.15) is 43.4 Å². The summed E-state index contributed by atoms with van der Waals surface area (Å²) < 4.78 is 107. The number of hydrogen-bond acceptors (Lipinski definition) is 8. The first-order valence-corrected chi connectivity index (χ1v) is 15.9. The molecular formula is C32H31ClF4N2O7S. The van der Waals surface area contributed by atoms with Gasteiger partial charge in [0.05, 0.1) is 35.7 Å². The summed E-state index contributed by atoms with van der Waals surface area (Å²) in [7, 11) is -3.39. The average Bonchev–Trinajstić information content (AvgIpc) is 3.00. The van der Waals surface area contributed by atoms with E-state index in [1.807, 2.05) is 0 Å². The quantitative estimate of drug-likeness (QED) is 0.0639. The summed E-state index contributed by atoms with van der Waals surface area (Å²) in [6.07, 6.45) is -3.08. The van der Waals surface area contributed by atoms with Gasteiger partial charge >= 0.3 is 12.1 Å². The maximum absolute atomic E-state index is 14.6. The van der Waals surface area contributed by atoms with Crippen LogP contribution >= 0.6 is 11.6 Å². The van der Waals surface area contributed by atoms with Crippen molar-refractivity contribution in [2.45, 2.75) is 43.9 Å². The minimum atomic E-state index is -4.93. The number of rotatable bonds is 12. The van der Waals surface area contributed by atoms with Crippen molar-refractivity contribution in [1.29, 1.82) is 0 Å². The molecule has 252 valence electrons. The lowest BCUT2D eigenvalue weighted by Crippen LogP contribution is -2.43. The molecule has 0 N–H and O–H groups in total. The molecule has 2 aromatic carbocycles. The van der Waals surface area contributed by atoms with Crippen molar-refractivity contribution in [3.8, 4) is 11.6 Å². The van der Waals surface area contributed by atoms with Gasteiger partial charge in [0, 0.05) is 25.1 Å². The molecule has 47 heavy (non-hydrogen) atoms. The van der Waals surface area contributed by atoms with Crippen molar-refractivity contribution < 1.29 is 49.7 Å². The number of alkyl halides is 3. The number of esters is 1. The number of methoxy groups -OCH3 is 1. The molecular weight excluding hydrogens is 668 g/mol. The summed E-state index contributed by atoms with van der Waals surface area (Å²) in [4.78, 5) is 13.9. The van der Waals surface area contributed by atoms with Gasteiger partial charge in [-0.1, -0.05) is 36.4 Å². The normalized spacial score (nSPS) is 15.0. The second-order valence-electron chi connectivity index (χ2n) is 10.4. The van der Waals surface area contributed by atoms with Crippen molar-refractivity contribution in [2.24, 2.45) is 0 Å². The molecule has 0 amide bonds. The molecule has 3 aromatic rings. The Hall–Kier alpha value is -4.30. The first-order valence-electron chi connectivity index (χ1n) is 14.1. The zero-order valence-corrected chi connectivity index (χ0v) is 27.1. The Kier molecular flexibility index (Phi) is 11.1. The molecule has 9 nitrogen and oxygen atoms in total. The first-order chi connectivity index (χ1) is 22.1. The highest BCUT2D eigenvalue weighted by Crippen LogP contribution is 2.42. The maximum Gasteiger partial charge on any atom is 0.417 e. The summed E-state index contributed by atoms with van der Waals surface area (Å²) in [6.45, 7) is 5.56. The predicted molar refractivity (Wildman–Crippen MR) is 167 cm³/mol. The molecule has 4 rings (SSSR count). The number of benzene rings is 2. The standard InChI is InChI=1S/C32H31ClF4N2O7S/c1-19(30-25(33)6-5-7-26(30)34)14-22-9-11-28-27(15-22)39(18-24(46-28)10-8-20(2)43-4)47(41,42)29-16-23(32(35,36)37)17-38-31(29)45-13-12-44-21(3)40/h5-7,9,11,14-17,24H,2,8,10,12-13,18H2,1,3-4H3. The fourth-order valence-electron chi connectivity index (χ4n) is 4.74. The van der Waals surface area contributed by atoms with E-state index in [0.29, 0.717) is 35.6 Å². The predicted octanol–water partition coefficient (Wildman–Crippen LogP) is 7.29. The largest absolute Gasteiger partial charge is 0.502 e. The van der Waals surface area contributed by atoms with Gasteiger partial charge < -0.3 is 18.9 Å². The van der Waals surface area contributed by atoms with E-state index in [9.17, 15) is 30.8 Å². The van der Waals surface area contributed by atoms with Crippen LogP contribution in [-0.2, 0) is 30.5 Å². The Morgan fingerprint density at radius 3 is 2.60 bits per heavy atom. The smallest absolute Gasteiger partial charge is 0.417 e. The third kappa shape index (κ3) is 8.55. The number of aromatic nitrogens is 1. The Morgan fingerprint density at radius 2 is 1.94 bits per heavy atom. The van der Waals surface area contributed by atoms with Crippen molar-refractivity contribution in [3.05, 3.63) is 88.5 Å². The Morgan fingerprint density at radius 1 is 1.19 bits per heavy atom. The third-order valence-corrected chi connectivity index (χ3v) is 9.12. The topological polar surface area (TPSA) is 104 Å². The number of sulfonamides is 1. The Labute approximate surface area is 274 Å². The van der Waals surface area contributed by atoms with E-state index < -0.39 is 50.4 Å². The number of pyridine rings is 1. The number of nitrogens with zero attached hydrogens (tertiary/aromatic N) is 2. The zero-order chi connectivity index (χ0) is 34.5. The molecule has 1 aliphatic heterocycles. The number of fused-ring (bicyclic) bond motifs is 1. The molecule has 0 aliphatic carbocycles. The summed E-state index contributed by atoms with van der Waals surface area (Å²) >= 11 is 6.23. The van der Waals surface area contributed by atoms with E-state index in [1.165, 1.54) is 37.4 Å². The van der Waals surface area contributed by atoms with Gasteiger partial charge in [-0.05, 0) is 54.8 Å². The van der Waals surface area contributed by atoms with Crippen LogP contribution in [-0.4, -0.2) is 52.3 Å². The molecule has 1 aliphatic rings. The molecule has 1 unspecified atom stereocenters. The average molecular weight is 699 g/mol. The third-order valence-electron chi connectivity index (χ3n) is 7.03.